The van der Waals surface area contributed by atoms with Gasteiger partial charge in [-0.15, -0.1) is 11.3 Å². The van der Waals surface area contributed by atoms with Gasteiger partial charge in [-0.1, -0.05) is 12.8 Å². The second-order valence-corrected chi connectivity index (χ2v) is 10.5. The molecule has 1 amide bonds. The van der Waals surface area contributed by atoms with Crippen LogP contribution in [0.1, 0.15) is 58.6 Å². The molecule has 8 heteroatoms. The van der Waals surface area contributed by atoms with E-state index in [-0.39, 0.29) is 16.8 Å². The molecule has 0 spiro atoms. The van der Waals surface area contributed by atoms with Crippen LogP contribution in [0, 0.1) is 0 Å². The van der Waals surface area contributed by atoms with E-state index in [1.807, 2.05) is 6.07 Å². The van der Waals surface area contributed by atoms with Gasteiger partial charge < -0.3 is 10.1 Å². The third kappa shape index (κ3) is 4.82. The van der Waals surface area contributed by atoms with Gasteiger partial charge in [-0.3, -0.25) is 4.79 Å². The van der Waals surface area contributed by atoms with Crippen LogP contribution >= 0.6 is 11.3 Å². The Labute approximate surface area is 175 Å². The zero-order valence-corrected chi connectivity index (χ0v) is 18.1. The first-order valence-electron chi connectivity index (χ1n) is 10.1. The van der Waals surface area contributed by atoms with Crippen LogP contribution in [0.15, 0.2) is 29.2 Å². The number of nitrogens with one attached hydrogen (secondary N) is 2. The molecule has 2 aliphatic carbocycles. The number of aryl methyl sites for hydroxylation is 2. The van der Waals surface area contributed by atoms with Crippen molar-refractivity contribution < 1.29 is 17.9 Å². The summed E-state index contributed by atoms with van der Waals surface area (Å²) >= 11 is 1.54. The van der Waals surface area contributed by atoms with E-state index in [2.05, 4.69) is 10.0 Å². The number of amides is 1. The van der Waals surface area contributed by atoms with Crippen LogP contribution in [0.3, 0.4) is 0 Å². The average Bonchev–Trinajstić information content (AvgIpc) is 3.39. The lowest BCUT2D eigenvalue weighted by Gasteiger charge is -2.12. The molecule has 0 aliphatic heterocycles. The highest BCUT2D eigenvalue weighted by atomic mass is 32.2. The Kier molecular flexibility index (Phi) is 5.94. The molecule has 2 aliphatic rings. The highest BCUT2D eigenvalue weighted by Crippen LogP contribution is 2.32. The van der Waals surface area contributed by atoms with Crippen molar-refractivity contribution >= 4 is 33.0 Å². The number of anilines is 1. The molecule has 156 valence electrons. The lowest BCUT2D eigenvalue weighted by molar-refractivity contribution is 0.103. The third-order valence-electron chi connectivity index (χ3n) is 5.35. The Morgan fingerprint density at radius 3 is 2.59 bits per heavy atom. The van der Waals surface area contributed by atoms with Gasteiger partial charge in [-0.25, -0.2) is 13.1 Å². The van der Waals surface area contributed by atoms with Crippen LogP contribution in [0.5, 0.6) is 5.75 Å². The summed E-state index contributed by atoms with van der Waals surface area (Å²) in [7, 11) is -2.11. The topological polar surface area (TPSA) is 84.5 Å². The lowest BCUT2D eigenvalue weighted by Crippen LogP contribution is -2.25. The van der Waals surface area contributed by atoms with Crippen molar-refractivity contribution in [2.75, 3.05) is 12.4 Å². The standard InChI is InChI=1S/C21H26N2O4S2/c1-27-18-11-10-16(29(25,26)23-15-8-9-15)13-17(18)22-21(24)20-12-14-6-4-2-3-5-7-19(14)28-20/h10-13,15,23H,2-9H2,1H3,(H,22,24). The number of fused-ring (bicyclic) bond motifs is 1. The molecular formula is C21H26N2O4S2. The Bertz CT molecular complexity index is 984. The van der Waals surface area contributed by atoms with Gasteiger partial charge in [0.2, 0.25) is 10.0 Å². The molecule has 1 fully saturated rings. The predicted octanol–water partition coefficient (Wildman–Crippen LogP) is 4.11. The van der Waals surface area contributed by atoms with Gasteiger partial charge in [-0.05, 0) is 68.4 Å². The fourth-order valence-electron chi connectivity index (χ4n) is 3.58. The first kappa shape index (κ1) is 20.4. The summed E-state index contributed by atoms with van der Waals surface area (Å²) in [5, 5.41) is 2.85. The first-order chi connectivity index (χ1) is 14.0. The van der Waals surface area contributed by atoms with Gasteiger partial charge in [-0.2, -0.15) is 0 Å². The smallest absolute Gasteiger partial charge is 0.265 e. The molecule has 1 heterocycles. The van der Waals surface area contributed by atoms with Crippen LogP contribution in [0.2, 0.25) is 0 Å². The monoisotopic (exact) mass is 434 g/mol. The Morgan fingerprint density at radius 2 is 1.86 bits per heavy atom. The number of carbonyl (C=O) groups is 1. The van der Waals surface area contributed by atoms with Gasteiger partial charge in [0.25, 0.3) is 5.91 Å². The van der Waals surface area contributed by atoms with Crippen LogP contribution in [0.25, 0.3) is 0 Å². The number of thiophene rings is 1. The summed E-state index contributed by atoms with van der Waals surface area (Å²) in [6.45, 7) is 0. The molecule has 0 radical (unpaired) electrons. The zero-order valence-electron chi connectivity index (χ0n) is 16.5. The van der Waals surface area contributed by atoms with Gasteiger partial charge in [0.1, 0.15) is 5.75 Å². The fraction of sp³-hybridized carbons (Fsp3) is 0.476. The Balaban J connectivity index is 1.57. The maximum absolute atomic E-state index is 12.9. The van der Waals surface area contributed by atoms with Crippen molar-refractivity contribution in [3.8, 4) is 5.75 Å². The fourth-order valence-corrected chi connectivity index (χ4v) is 6.06. The molecule has 1 aromatic carbocycles. The number of carbonyl (C=O) groups excluding carboxylic acids is 1. The van der Waals surface area contributed by atoms with Crippen molar-refractivity contribution in [1.29, 1.82) is 0 Å². The Hall–Kier alpha value is -1.90. The van der Waals surface area contributed by atoms with Crippen LogP contribution in [-0.4, -0.2) is 27.5 Å². The quantitative estimate of drug-likeness (QED) is 0.717. The predicted molar refractivity (Wildman–Crippen MR) is 114 cm³/mol. The van der Waals surface area contributed by atoms with Gasteiger partial charge in [0.15, 0.2) is 0 Å². The molecule has 2 aromatic rings. The van der Waals surface area contributed by atoms with E-state index in [9.17, 15) is 13.2 Å². The van der Waals surface area contributed by atoms with Gasteiger partial charge in [0, 0.05) is 10.9 Å². The first-order valence-corrected chi connectivity index (χ1v) is 12.4. The van der Waals surface area contributed by atoms with Gasteiger partial charge in [0.05, 0.1) is 22.6 Å². The van der Waals surface area contributed by atoms with Crippen molar-refractivity contribution in [1.82, 2.24) is 4.72 Å². The van der Waals surface area contributed by atoms with E-state index in [1.165, 1.54) is 42.5 Å². The number of hydrogen-bond acceptors (Lipinski definition) is 5. The number of methoxy groups -OCH3 is 1. The molecule has 0 unspecified atom stereocenters. The maximum atomic E-state index is 12.9. The maximum Gasteiger partial charge on any atom is 0.265 e. The average molecular weight is 435 g/mol. The van der Waals surface area contributed by atoms with Crippen molar-refractivity contribution in [2.45, 2.75) is 62.3 Å². The molecular weight excluding hydrogens is 408 g/mol. The number of ether oxygens (including phenoxy) is 1. The second kappa shape index (κ2) is 8.45. The van der Waals surface area contributed by atoms with Crippen molar-refractivity contribution in [2.24, 2.45) is 0 Å². The largest absolute Gasteiger partial charge is 0.495 e. The van der Waals surface area contributed by atoms with Gasteiger partial charge >= 0.3 is 0 Å². The van der Waals surface area contributed by atoms with E-state index >= 15 is 0 Å². The lowest BCUT2D eigenvalue weighted by atomic mass is 10.00. The van der Waals surface area contributed by atoms with E-state index < -0.39 is 10.0 Å². The van der Waals surface area contributed by atoms with E-state index in [0.717, 1.165) is 38.5 Å². The van der Waals surface area contributed by atoms with Crippen molar-refractivity contribution in [3.05, 3.63) is 39.6 Å². The highest BCUT2D eigenvalue weighted by Gasteiger charge is 2.28. The molecule has 1 aromatic heterocycles. The summed E-state index contributed by atoms with van der Waals surface area (Å²) in [6, 6.07) is 6.54. The summed E-state index contributed by atoms with van der Waals surface area (Å²) < 4.78 is 33.0. The van der Waals surface area contributed by atoms with Crippen LogP contribution < -0.4 is 14.8 Å². The van der Waals surface area contributed by atoms with E-state index in [4.69, 9.17) is 4.74 Å². The summed E-state index contributed by atoms with van der Waals surface area (Å²) in [6.07, 6.45) is 8.57. The van der Waals surface area contributed by atoms with Crippen molar-refractivity contribution in [3.63, 3.8) is 0 Å². The number of benzene rings is 1. The molecule has 6 nitrogen and oxygen atoms in total. The highest BCUT2D eigenvalue weighted by molar-refractivity contribution is 7.89. The summed E-state index contributed by atoms with van der Waals surface area (Å²) in [5.41, 5.74) is 1.63. The molecule has 2 N–H and O–H groups in total. The van der Waals surface area contributed by atoms with E-state index in [1.54, 1.807) is 17.4 Å². The number of hydrogen-bond donors (Lipinski definition) is 2. The second-order valence-electron chi connectivity index (χ2n) is 7.69. The zero-order chi connectivity index (χ0) is 20.4. The molecule has 0 saturated heterocycles. The summed E-state index contributed by atoms with van der Waals surface area (Å²) in [4.78, 5) is 15.0. The molecule has 0 bridgehead atoms. The molecule has 1 saturated carbocycles. The molecule has 4 rings (SSSR count). The number of sulfonamides is 1. The minimum Gasteiger partial charge on any atom is -0.495 e. The Morgan fingerprint density at radius 1 is 1.10 bits per heavy atom. The normalized spacial score (nSPS) is 17.1. The minimum absolute atomic E-state index is 0.0192. The number of rotatable bonds is 6. The van der Waals surface area contributed by atoms with Crippen LogP contribution in [-0.2, 0) is 22.9 Å². The third-order valence-corrected chi connectivity index (χ3v) is 8.10. The minimum atomic E-state index is -3.61. The summed E-state index contributed by atoms with van der Waals surface area (Å²) in [5.74, 6) is 0.198. The van der Waals surface area contributed by atoms with E-state index in [0.29, 0.717) is 16.3 Å². The SMILES string of the molecule is COc1ccc(S(=O)(=O)NC2CC2)cc1NC(=O)c1cc2c(s1)CCCCCC2. The molecule has 29 heavy (non-hydrogen) atoms. The molecule has 0 atom stereocenters. The van der Waals surface area contributed by atoms with Crippen LogP contribution in [0.4, 0.5) is 5.69 Å².